The first-order chi connectivity index (χ1) is 8.58. The van der Waals surface area contributed by atoms with Crippen molar-refractivity contribution in [3.63, 3.8) is 0 Å². The Labute approximate surface area is 115 Å². The minimum absolute atomic E-state index is 0.249. The molecule has 0 bridgehead atoms. The van der Waals surface area contributed by atoms with Crippen molar-refractivity contribution in [3.8, 4) is 0 Å². The third kappa shape index (κ3) is 2.92. The molecule has 1 heterocycles. The molecule has 0 amide bonds. The summed E-state index contributed by atoms with van der Waals surface area (Å²) in [7, 11) is 0. The largest absolute Gasteiger partial charge is 0.378 e. The van der Waals surface area contributed by atoms with E-state index in [2.05, 4.69) is 10.3 Å². The molecule has 0 radical (unpaired) electrons. The Morgan fingerprint density at radius 3 is 2.67 bits per heavy atom. The van der Waals surface area contributed by atoms with Gasteiger partial charge in [0, 0.05) is 12.1 Å². The highest BCUT2D eigenvalue weighted by atomic mass is 35.5. The molecule has 5 heteroatoms. The summed E-state index contributed by atoms with van der Waals surface area (Å²) >= 11 is 11.8. The molecule has 0 saturated carbocycles. The lowest BCUT2D eigenvalue weighted by Crippen LogP contribution is -2.04. The fourth-order valence-electron chi connectivity index (χ4n) is 1.63. The standard InChI is InChI=1S/C13H11Cl2FN2/c1-8-6-11(14)18-13(15)12(8)17-7-9-4-2-3-5-10(9)16/h2-6,17H,7H2,1H3. The number of aromatic nitrogens is 1. The Morgan fingerprint density at radius 1 is 1.28 bits per heavy atom. The zero-order chi connectivity index (χ0) is 13.1. The molecule has 1 aromatic heterocycles. The van der Waals surface area contributed by atoms with Crippen LogP contribution in [0, 0.1) is 12.7 Å². The van der Waals surface area contributed by atoms with Crippen molar-refractivity contribution >= 4 is 28.9 Å². The van der Waals surface area contributed by atoms with Crippen molar-refractivity contribution < 1.29 is 4.39 Å². The second-order valence-electron chi connectivity index (χ2n) is 3.87. The van der Waals surface area contributed by atoms with E-state index in [9.17, 15) is 4.39 Å². The summed E-state index contributed by atoms with van der Waals surface area (Å²) in [6, 6.07) is 8.28. The Bertz CT molecular complexity index is 550. The molecule has 2 aromatic rings. The lowest BCUT2D eigenvalue weighted by atomic mass is 10.2. The Morgan fingerprint density at radius 2 is 2.00 bits per heavy atom. The number of halogens is 3. The van der Waals surface area contributed by atoms with Crippen LogP contribution >= 0.6 is 23.2 Å². The van der Waals surface area contributed by atoms with Crippen LogP contribution in [0.3, 0.4) is 0 Å². The normalized spacial score (nSPS) is 10.4. The van der Waals surface area contributed by atoms with Gasteiger partial charge in [0.05, 0.1) is 5.69 Å². The molecule has 0 atom stereocenters. The average molecular weight is 285 g/mol. The highest BCUT2D eigenvalue weighted by molar-refractivity contribution is 6.34. The summed E-state index contributed by atoms with van der Waals surface area (Å²) in [4.78, 5) is 3.94. The van der Waals surface area contributed by atoms with E-state index in [0.29, 0.717) is 22.9 Å². The molecule has 0 aliphatic carbocycles. The van der Waals surface area contributed by atoms with E-state index < -0.39 is 0 Å². The van der Waals surface area contributed by atoms with Gasteiger partial charge >= 0.3 is 0 Å². The van der Waals surface area contributed by atoms with Gasteiger partial charge in [0.25, 0.3) is 0 Å². The maximum absolute atomic E-state index is 13.4. The van der Waals surface area contributed by atoms with E-state index in [-0.39, 0.29) is 11.0 Å². The molecule has 1 N–H and O–H groups in total. The maximum atomic E-state index is 13.4. The molecule has 18 heavy (non-hydrogen) atoms. The molecule has 0 unspecified atom stereocenters. The van der Waals surface area contributed by atoms with Crippen molar-refractivity contribution in [2.24, 2.45) is 0 Å². The molecule has 94 valence electrons. The van der Waals surface area contributed by atoms with Crippen molar-refractivity contribution in [2.45, 2.75) is 13.5 Å². The average Bonchev–Trinajstić information content (AvgIpc) is 2.30. The first kappa shape index (κ1) is 13.1. The molecule has 2 nitrogen and oxygen atoms in total. The SMILES string of the molecule is Cc1cc(Cl)nc(Cl)c1NCc1ccccc1F. The molecule has 0 aliphatic rings. The second kappa shape index (κ2) is 5.55. The fourth-order valence-corrected chi connectivity index (χ4v) is 2.23. The summed E-state index contributed by atoms with van der Waals surface area (Å²) in [5, 5.41) is 3.70. The monoisotopic (exact) mass is 284 g/mol. The van der Waals surface area contributed by atoms with E-state index >= 15 is 0 Å². The number of rotatable bonds is 3. The van der Waals surface area contributed by atoms with E-state index in [1.54, 1.807) is 24.3 Å². The quantitative estimate of drug-likeness (QED) is 0.843. The van der Waals surface area contributed by atoms with Crippen molar-refractivity contribution in [2.75, 3.05) is 5.32 Å². The number of hydrogen-bond donors (Lipinski definition) is 1. The lowest BCUT2D eigenvalue weighted by molar-refractivity contribution is 0.613. The minimum atomic E-state index is -0.249. The van der Waals surface area contributed by atoms with E-state index in [1.165, 1.54) is 6.07 Å². The zero-order valence-corrected chi connectivity index (χ0v) is 11.2. The van der Waals surface area contributed by atoms with Gasteiger partial charge in [-0.1, -0.05) is 41.4 Å². The summed E-state index contributed by atoms with van der Waals surface area (Å²) < 4.78 is 13.4. The summed E-state index contributed by atoms with van der Waals surface area (Å²) in [6.07, 6.45) is 0. The van der Waals surface area contributed by atoms with Gasteiger partial charge in [0.15, 0.2) is 5.15 Å². The van der Waals surface area contributed by atoms with E-state index in [1.807, 2.05) is 6.92 Å². The lowest BCUT2D eigenvalue weighted by Gasteiger charge is -2.11. The summed E-state index contributed by atoms with van der Waals surface area (Å²) in [6.45, 7) is 2.21. The highest BCUT2D eigenvalue weighted by Gasteiger charge is 2.08. The van der Waals surface area contributed by atoms with Crippen LogP contribution in [0.25, 0.3) is 0 Å². The van der Waals surface area contributed by atoms with Gasteiger partial charge in [-0.05, 0) is 24.6 Å². The third-order valence-electron chi connectivity index (χ3n) is 2.55. The Balaban J connectivity index is 2.19. The number of hydrogen-bond acceptors (Lipinski definition) is 2. The topological polar surface area (TPSA) is 24.9 Å². The molecular formula is C13H11Cl2FN2. The van der Waals surface area contributed by atoms with Crippen LogP contribution in [-0.2, 0) is 6.54 Å². The summed E-state index contributed by atoms with van der Waals surface area (Å²) in [5.74, 6) is -0.249. The second-order valence-corrected chi connectivity index (χ2v) is 4.62. The van der Waals surface area contributed by atoms with Crippen LogP contribution in [0.4, 0.5) is 10.1 Å². The first-order valence-corrected chi connectivity index (χ1v) is 6.13. The predicted molar refractivity (Wildman–Crippen MR) is 72.7 cm³/mol. The first-order valence-electron chi connectivity index (χ1n) is 5.38. The van der Waals surface area contributed by atoms with Gasteiger partial charge in [-0.3, -0.25) is 0 Å². The van der Waals surface area contributed by atoms with Crippen molar-refractivity contribution in [1.29, 1.82) is 0 Å². The molecular weight excluding hydrogens is 274 g/mol. The summed E-state index contributed by atoms with van der Waals surface area (Å²) in [5.41, 5.74) is 2.11. The van der Waals surface area contributed by atoms with Crippen LogP contribution in [0.15, 0.2) is 30.3 Å². The van der Waals surface area contributed by atoms with Crippen molar-refractivity contribution in [1.82, 2.24) is 4.98 Å². The van der Waals surface area contributed by atoms with Gasteiger partial charge < -0.3 is 5.32 Å². The minimum Gasteiger partial charge on any atom is -0.378 e. The van der Waals surface area contributed by atoms with Crippen LogP contribution in [0.5, 0.6) is 0 Å². The predicted octanol–water partition coefficient (Wildman–Crippen LogP) is 4.45. The number of aryl methyl sites for hydroxylation is 1. The van der Waals surface area contributed by atoms with Crippen LogP contribution in [0.2, 0.25) is 10.3 Å². The molecule has 1 aromatic carbocycles. The van der Waals surface area contributed by atoms with Gasteiger partial charge in [-0.15, -0.1) is 0 Å². The van der Waals surface area contributed by atoms with Gasteiger partial charge in [-0.25, -0.2) is 9.37 Å². The number of nitrogens with one attached hydrogen (secondary N) is 1. The zero-order valence-electron chi connectivity index (χ0n) is 9.67. The van der Waals surface area contributed by atoms with Crippen LogP contribution in [-0.4, -0.2) is 4.98 Å². The van der Waals surface area contributed by atoms with Gasteiger partial charge in [-0.2, -0.15) is 0 Å². The molecule has 0 fully saturated rings. The molecule has 0 aliphatic heterocycles. The Kier molecular flexibility index (Phi) is 4.04. The number of benzene rings is 1. The third-order valence-corrected chi connectivity index (χ3v) is 3.02. The van der Waals surface area contributed by atoms with Gasteiger partial charge in [0.1, 0.15) is 11.0 Å². The van der Waals surface area contributed by atoms with Crippen molar-refractivity contribution in [3.05, 3.63) is 57.6 Å². The number of pyridine rings is 1. The smallest absolute Gasteiger partial charge is 0.154 e. The van der Waals surface area contributed by atoms with Crippen LogP contribution in [0.1, 0.15) is 11.1 Å². The van der Waals surface area contributed by atoms with Gasteiger partial charge in [0.2, 0.25) is 0 Å². The molecule has 0 spiro atoms. The number of anilines is 1. The molecule has 2 rings (SSSR count). The van der Waals surface area contributed by atoms with Crippen LogP contribution < -0.4 is 5.32 Å². The van der Waals surface area contributed by atoms with E-state index in [4.69, 9.17) is 23.2 Å². The maximum Gasteiger partial charge on any atom is 0.154 e. The van der Waals surface area contributed by atoms with E-state index in [0.717, 1.165) is 5.56 Å². The Hall–Kier alpha value is -1.32. The number of nitrogens with zero attached hydrogens (tertiary/aromatic N) is 1. The highest BCUT2D eigenvalue weighted by Crippen LogP contribution is 2.27. The molecule has 0 saturated heterocycles. The fraction of sp³-hybridized carbons (Fsp3) is 0.154.